The number of nitrogens with two attached hydrogens (primary N) is 1. The maximum absolute atomic E-state index is 14.9. The number of carbonyl (C=O) groups is 1. The maximum atomic E-state index is 14.9. The first-order valence-electron chi connectivity index (χ1n) is 11.8. The van der Waals surface area contributed by atoms with Gasteiger partial charge in [0.25, 0.3) is 5.91 Å². The van der Waals surface area contributed by atoms with Crippen LogP contribution in [0.2, 0.25) is 0 Å². The minimum Gasteiger partial charge on any atom is -0.381 e. The van der Waals surface area contributed by atoms with Crippen molar-refractivity contribution in [1.29, 1.82) is 0 Å². The number of pyridine rings is 1. The van der Waals surface area contributed by atoms with E-state index in [1.54, 1.807) is 0 Å². The number of aromatic nitrogens is 4. The molecule has 3 aromatic heterocycles. The molecule has 2 saturated heterocycles. The van der Waals surface area contributed by atoms with Crippen molar-refractivity contribution in [2.75, 3.05) is 68.8 Å². The zero-order valence-corrected chi connectivity index (χ0v) is 19.6. The number of halogens is 2. The SMILES string of the molecule is CN1CCN(CC2CCN(c3c(F)cncc3NC(=O)c3c(N)nn4cc(F)cnc34)CC2)CC1. The second-order valence-electron chi connectivity index (χ2n) is 9.31. The third-order valence-corrected chi connectivity index (χ3v) is 6.86. The van der Waals surface area contributed by atoms with E-state index in [1.807, 2.05) is 4.90 Å². The zero-order chi connectivity index (χ0) is 24.5. The summed E-state index contributed by atoms with van der Waals surface area (Å²) >= 11 is 0. The van der Waals surface area contributed by atoms with E-state index in [-0.39, 0.29) is 22.7 Å². The number of nitrogens with one attached hydrogen (secondary N) is 1. The van der Waals surface area contributed by atoms with E-state index in [0.717, 1.165) is 68.7 Å². The Morgan fingerprint density at radius 1 is 1.11 bits per heavy atom. The lowest BCUT2D eigenvalue weighted by molar-refractivity contribution is 0.102. The molecule has 1 amide bonds. The van der Waals surface area contributed by atoms with Crippen molar-refractivity contribution in [3.63, 3.8) is 0 Å². The number of amides is 1. The van der Waals surface area contributed by atoms with Gasteiger partial charge < -0.3 is 25.8 Å². The van der Waals surface area contributed by atoms with Crippen molar-refractivity contribution in [3.8, 4) is 0 Å². The van der Waals surface area contributed by atoms with E-state index >= 15 is 0 Å². The Morgan fingerprint density at radius 3 is 2.60 bits per heavy atom. The quantitative estimate of drug-likeness (QED) is 0.562. The number of hydrogen-bond acceptors (Lipinski definition) is 8. The molecule has 0 aromatic carbocycles. The second kappa shape index (κ2) is 9.70. The summed E-state index contributed by atoms with van der Waals surface area (Å²) in [6.45, 7) is 6.77. The van der Waals surface area contributed by atoms with Gasteiger partial charge in [-0.15, -0.1) is 5.10 Å². The van der Waals surface area contributed by atoms with Crippen LogP contribution in [0.15, 0.2) is 24.8 Å². The first-order valence-corrected chi connectivity index (χ1v) is 11.8. The normalized spacial score (nSPS) is 18.3. The fourth-order valence-corrected chi connectivity index (χ4v) is 4.91. The second-order valence-corrected chi connectivity index (χ2v) is 9.31. The third-order valence-electron chi connectivity index (χ3n) is 6.86. The molecule has 5 rings (SSSR count). The Morgan fingerprint density at radius 2 is 1.86 bits per heavy atom. The molecule has 0 spiro atoms. The van der Waals surface area contributed by atoms with Gasteiger partial charge in [-0.25, -0.2) is 18.3 Å². The molecule has 186 valence electrons. The number of hydrogen-bond donors (Lipinski definition) is 2. The standard InChI is InChI=1S/C23H29F2N9O/c1-31-6-8-32(9-7-31)13-15-2-4-33(5-3-15)20-17(25)11-27-12-18(20)29-23(35)19-21(26)30-34-14-16(24)10-28-22(19)34/h10-12,14-15H,2-9,13H2,1H3,(H2,26,30)(H,29,35). The maximum Gasteiger partial charge on any atom is 0.263 e. The Balaban J connectivity index is 1.29. The Hall–Kier alpha value is -3.38. The molecule has 2 aliphatic rings. The summed E-state index contributed by atoms with van der Waals surface area (Å²) in [7, 11) is 2.15. The monoisotopic (exact) mass is 485 g/mol. The number of piperidine rings is 1. The molecule has 3 aromatic rings. The predicted molar refractivity (Wildman–Crippen MR) is 128 cm³/mol. The van der Waals surface area contributed by atoms with E-state index in [1.165, 1.54) is 6.20 Å². The van der Waals surface area contributed by atoms with E-state index in [4.69, 9.17) is 5.73 Å². The summed E-state index contributed by atoms with van der Waals surface area (Å²) in [5, 5.41) is 6.67. The van der Waals surface area contributed by atoms with Gasteiger partial charge in [0.1, 0.15) is 11.3 Å². The number of nitrogen functional groups attached to an aromatic ring is 1. The summed E-state index contributed by atoms with van der Waals surface area (Å²) in [5.74, 6) is -1.28. The van der Waals surface area contributed by atoms with Crippen molar-refractivity contribution in [2.45, 2.75) is 12.8 Å². The van der Waals surface area contributed by atoms with Gasteiger partial charge in [-0.3, -0.25) is 9.78 Å². The number of piperazine rings is 1. The van der Waals surface area contributed by atoms with E-state index in [0.29, 0.717) is 24.7 Å². The first-order chi connectivity index (χ1) is 16.9. The van der Waals surface area contributed by atoms with Crippen LogP contribution in [0.4, 0.5) is 26.0 Å². The highest BCUT2D eigenvalue weighted by Crippen LogP contribution is 2.33. The lowest BCUT2D eigenvalue weighted by atomic mass is 9.95. The Kier molecular flexibility index (Phi) is 6.48. The number of fused-ring (bicyclic) bond motifs is 1. The fraction of sp³-hybridized carbons (Fsp3) is 0.478. The largest absolute Gasteiger partial charge is 0.381 e. The molecule has 0 radical (unpaired) electrons. The molecule has 0 saturated carbocycles. The molecule has 0 atom stereocenters. The first kappa shape index (κ1) is 23.4. The molecule has 2 aliphatic heterocycles. The molecule has 2 fully saturated rings. The van der Waals surface area contributed by atoms with Crippen LogP contribution in [0.25, 0.3) is 5.65 Å². The van der Waals surface area contributed by atoms with Crippen LogP contribution in [-0.2, 0) is 0 Å². The van der Waals surface area contributed by atoms with Crippen LogP contribution in [0.1, 0.15) is 23.2 Å². The van der Waals surface area contributed by atoms with Gasteiger partial charge in [-0.2, -0.15) is 0 Å². The molecule has 0 aliphatic carbocycles. The Bertz CT molecular complexity index is 1220. The van der Waals surface area contributed by atoms with Crippen molar-refractivity contribution in [3.05, 3.63) is 42.0 Å². The summed E-state index contributed by atoms with van der Waals surface area (Å²) in [5.41, 5.74) is 6.56. The van der Waals surface area contributed by atoms with Gasteiger partial charge in [0.15, 0.2) is 23.1 Å². The van der Waals surface area contributed by atoms with Gasteiger partial charge in [0, 0.05) is 45.8 Å². The van der Waals surface area contributed by atoms with Crippen LogP contribution in [0.3, 0.4) is 0 Å². The molecule has 12 heteroatoms. The van der Waals surface area contributed by atoms with Crippen LogP contribution < -0.4 is 16.0 Å². The van der Waals surface area contributed by atoms with Crippen LogP contribution in [0, 0.1) is 17.6 Å². The number of anilines is 3. The lowest BCUT2D eigenvalue weighted by Gasteiger charge is -2.39. The van der Waals surface area contributed by atoms with Gasteiger partial charge in [-0.05, 0) is 25.8 Å². The summed E-state index contributed by atoms with van der Waals surface area (Å²) < 4.78 is 29.5. The summed E-state index contributed by atoms with van der Waals surface area (Å²) in [6, 6.07) is 0. The highest BCUT2D eigenvalue weighted by atomic mass is 19.1. The lowest BCUT2D eigenvalue weighted by Crippen LogP contribution is -2.47. The topological polar surface area (TPSA) is 108 Å². The minimum atomic E-state index is -0.616. The number of nitrogens with zero attached hydrogens (tertiary/aromatic N) is 7. The van der Waals surface area contributed by atoms with E-state index in [2.05, 4.69) is 37.2 Å². The molecule has 35 heavy (non-hydrogen) atoms. The number of carbonyl (C=O) groups excluding carboxylic acids is 1. The van der Waals surface area contributed by atoms with Crippen LogP contribution in [-0.4, -0.2) is 88.2 Å². The molecular formula is C23H29F2N9O. The molecule has 10 nitrogen and oxygen atoms in total. The molecule has 5 heterocycles. The molecule has 0 unspecified atom stereocenters. The van der Waals surface area contributed by atoms with Gasteiger partial charge in [-0.1, -0.05) is 0 Å². The minimum absolute atomic E-state index is 0.00824. The van der Waals surface area contributed by atoms with Crippen molar-refractivity contribution >= 4 is 28.7 Å². The summed E-state index contributed by atoms with van der Waals surface area (Å²) in [4.78, 5) is 27.8. The van der Waals surface area contributed by atoms with Crippen molar-refractivity contribution in [2.24, 2.45) is 5.92 Å². The van der Waals surface area contributed by atoms with Gasteiger partial charge in [0.2, 0.25) is 0 Å². The summed E-state index contributed by atoms with van der Waals surface area (Å²) in [6.07, 6.45) is 6.51. The van der Waals surface area contributed by atoms with Crippen molar-refractivity contribution < 1.29 is 13.6 Å². The smallest absolute Gasteiger partial charge is 0.263 e. The number of likely N-dealkylation sites (N-methyl/N-ethyl adjacent to an activating group) is 1. The average Bonchev–Trinajstić information content (AvgIpc) is 3.16. The Labute approximate surface area is 201 Å². The zero-order valence-electron chi connectivity index (χ0n) is 19.6. The fourth-order valence-electron chi connectivity index (χ4n) is 4.91. The molecule has 0 bridgehead atoms. The van der Waals surface area contributed by atoms with Crippen LogP contribution in [0.5, 0.6) is 0 Å². The van der Waals surface area contributed by atoms with E-state index in [9.17, 15) is 13.6 Å². The van der Waals surface area contributed by atoms with Gasteiger partial charge in [0.05, 0.1) is 30.5 Å². The van der Waals surface area contributed by atoms with Crippen molar-refractivity contribution in [1.82, 2.24) is 29.4 Å². The molecule has 3 N–H and O–H groups in total. The highest BCUT2D eigenvalue weighted by molar-refractivity contribution is 6.12. The third kappa shape index (κ3) is 4.89. The highest BCUT2D eigenvalue weighted by Gasteiger charge is 2.27. The average molecular weight is 486 g/mol. The molecular weight excluding hydrogens is 456 g/mol. The predicted octanol–water partition coefficient (Wildman–Crippen LogP) is 1.70. The van der Waals surface area contributed by atoms with Crippen LogP contribution >= 0.6 is 0 Å². The van der Waals surface area contributed by atoms with E-state index < -0.39 is 17.5 Å². The number of rotatable bonds is 5. The van der Waals surface area contributed by atoms with Gasteiger partial charge >= 0.3 is 0 Å².